The lowest BCUT2D eigenvalue weighted by Gasteiger charge is -2.08. The molecular weight excluding hydrogens is 189 g/mol. The van der Waals surface area contributed by atoms with E-state index in [0.717, 1.165) is 24.0 Å². The van der Waals surface area contributed by atoms with Crippen molar-refractivity contribution in [3.8, 4) is 0 Å². The summed E-state index contributed by atoms with van der Waals surface area (Å²) in [4.78, 5) is 0. The molecule has 15 heavy (non-hydrogen) atoms. The molecule has 0 aromatic heterocycles. The highest BCUT2D eigenvalue weighted by Crippen LogP contribution is 2.19. The van der Waals surface area contributed by atoms with Gasteiger partial charge in [0.2, 0.25) is 0 Å². The number of allylic oxidation sites excluding steroid dienone is 5. The van der Waals surface area contributed by atoms with Crippen LogP contribution in [-0.2, 0) is 0 Å². The first-order valence-electron chi connectivity index (χ1n) is 5.41. The molecule has 0 saturated heterocycles. The van der Waals surface area contributed by atoms with Crippen LogP contribution in [0.1, 0.15) is 40.5 Å². The van der Waals surface area contributed by atoms with Gasteiger partial charge in [0.1, 0.15) is 5.83 Å². The van der Waals surface area contributed by atoms with E-state index in [0.29, 0.717) is 5.70 Å². The Kier molecular flexibility index (Phi) is 5.99. The van der Waals surface area contributed by atoms with E-state index in [-0.39, 0.29) is 11.7 Å². The summed E-state index contributed by atoms with van der Waals surface area (Å²) in [5.41, 5.74) is 7.79. The Hall–Kier alpha value is -1.05. The van der Waals surface area contributed by atoms with Crippen LogP contribution in [0.3, 0.4) is 0 Å². The largest absolute Gasteiger partial charge is 0.399 e. The smallest absolute Gasteiger partial charge is 0.142 e. The predicted octanol–water partition coefficient (Wildman–Crippen LogP) is 4.08. The quantitative estimate of drug-likeness (QED) is 0.681. The predicted molar refractivity (Wildman–Crippen MR) is 65.0 cm³/mol. The van der Waals surface area contributed by atoms with Gasteiger partial charge in [0.05, 0.1) is 0 Å². The molecule has 0 heterocycles. The molecule has 0 rings (SSSR count). The Morgan fingerprint density at radius 3 is 2.33 bits per heavy atom. The lowest BCUT2D eigenvalue weighted by Crippen LogP contribution is -2.07. The molecule has 0 saturated carbocycles. The van der Waals surface area contributed by atoms with E-state index < -0.39 is 0 Å². The van der Waals surface area contributed by atoms with Gasteiger partial charge in [0.15, 0.2) is 0 Å². The maximum absolute atomic E-state index is 13.6. The second kappa shape index (κ2) is 6.44. The van der Waals surface area contributed by atoms with Crippen molar-refractivity contribution in [3.05, 3.63) is 35.3 Å². The fourth-order valence-corrected chi connectivity index (χ4v) is 1.19. The van der Waals surface area contributed by atoms with Crippen LogP contribution in [0.2, 0.25) is 0 Å². The lowest BCUT2D eigenvalue weighted by molar-refractivity contribution is 0.611. The van der Waals surface area contributed by atoms with E-state index in [2.05, 4.69) is 13.5 Å². The summed E-state index contributed by atoms with van der Waals surface area (Å²) in [5.74, 6) is -0.286. The highest BCUT2D eigenvalue weighted by molar-refractivity contribution is 5.33. The SMILES string of the molecule is C=C(C)/C(=C/C(F)=C(\N)C(C)C)CCC. The van der Waals surface area contributed by atoms with Gasteiger partial charge in [-0.2, -0.15) is 0 Å². The van der Waals surface area contributed by atoms with Crippen LogP contribution in [0.15, 0.2) is 35.3 Å². The average Bonchev–Trinajstić information content (AvgIpc) is 2.15. The van der Waals surface area contributed by atoms with Crippen LogP contribution in [0.5, 0.6) is 0 Å². The topological polar surface area (TPSA) is 26.0 Å². The summed E-state index contributed by atoms with van der Waals surface area (Å²) in [7, 11) is 0. The molecule has 86 valence electrons. The van der Waals surface area contributed by atoms with Gasteiger partial charge < -0.3 is 5.73 Å². The average molecular weight is 211 g/mol. The first-order valence-corrected chi connectivity index (χ1v) is 5.41. The highest BCUT2D eigenvalue weighted by Gasteiger charge is 2.06. The van der Waals surface area contributed by atoms with Gasteiger partial charge in [-0.3, -0.25) is 0 Å². The second-order valence-corrected chi connectivity index (χ2v) is 4.16. The summed E-state index contributed by atoms with van der Waals surface area (Å²) in [6.45, 7) is 11.5. The summed E-state index contributed by atoms with van der Waals surface area (Å²) < 4.78 is 13.6. The molecule has 0 aliphatic carbocycles. The Morgan fingerprint density at radius 1 is 1.47 bits per heavy atom. The van der Waals surface area contributed by atoms with Crippen molar-refractivity contribution in [2.45, 2.75) is 40.5 Å². The van der Waals surface area contributed by atoms with E-state index in [1.165, 1.54) is 6.08 Å². The normalized spacial score (nSPS) is 14.1. The van der Waals surface area contributed by atoms with E-state index in [1.807, 2.05) is 20.8 Å². The molecule has 0 atom stereocenters. The molecule has 0 aliphatic rings. The molecule has 0 radical (unpaired) electrons. The van der Waals surface area contributed by atoms with Gasteiger partial charge >= 0.3 is 0 Å². The number of hydrogen-bond acceptors (Lipinski definition) is 1. The molecule has 2 N–H and O–H groups in total. The minimum absolute atomic E-state index is 0.0363. The molecule has 0 fully saturated rings. The van der Waals surface area contributed by atoms with Gasteiger partial charge in [0.25, 0.3) is 0 Å². The Bertz CT molecular complexity index is 285. The molecule has 0 bridgehead atoms. The third kappa shape index (κ3) is 4.82. The maximum Gasteiger partial charge on any atom is 0.142 e. The van der Waals surface area contributed by atoms with Gasteiger partial charge in [-0.15, -0.1) is 0 Å². The Morgan fingerprint density at radius 2 is 2.00 bits per heavy atom. The van der Waals surface area contributed by atoms with Crippen molar-refractivity contribution in [2.75, 3.05) is 0 Å². The third-order valence-electron chi connectivity index (χ3n) is 2.27. The molecule has 0 aromatic carbocycles. The third-order valence-corrected chi connectivity index (χ3v) is 2.27. The molecular formula is C13H22FN. The minimum atomic E-state index is -0.323. The zero-order chi connectivity index (χ0) is 12.0. The number of halogens is 1. The molecule has 0 aromatic rings. The molecule has 0 aliphatic heterocycles. The van der Waals surface area contributed by atoms with Crippen LogP contribution in [-0.4, -0.2) is 0 Å². The minimum Gasteiger partial charge on any atom is -0.399 e. The molecule has 2 heteroatoms. The van der Waals surface area contributed by atoms with Gasteiger partial charge in [0, 0.05) is 5.70 Å². The fraction of sp³-hybridized carbons (Fsp3) is 0.538. The number of hydrogen-bond donors (Lipinski definition) is 1. The van der Waals surface area contributed by atoms with Crippen molar-refractivity contribution in [3.63, 3.8) is 0 Å². The van der Waals surface area contributed by atoms with Crippen LogP contribution < -0.4 is 5.73 Å². The first kappa shape index (κ1) is 13.9. The van der Waals surface area contributed by atoms with E-state index in [9.17, 15) is 4.39 Å². The first-order chi connectivity index (χ1) is 6.90. The van der Waals surface area contributed by atoms with Crippen LogP contribution >= 0.6 is 0 Å². The van der Waals surface area contributed by atoms with Crippen molar-refractivity contribution in [2.24, 2.45) is 11.7 Å². The monoisotopic (exact) mass is 211 g/mol. The van der Waals surface area contributed by atoms with Gasteiger partial charge in [-0.1, -0.05) is 39.3 Å². The zero-order valence-electron chi connectivity index (χ0n) is 10.2. The van der Waals surface area contributed by atoms with Gasteiger partial charge in [-0.25, -0.2) is 4.39 Å². The summed E-state index contributed by atoms with van der Waals surface area (Å²) >= 11 is 0. The highest BCUT2D eigenvalue weighted by atomic mass is 19.1. The van der Waals surface area contributed by atoms with E-state index >= 15 is 0 Å². The zero-order valence-corrected chi connectivity index (χ0v) is 10.2. The lowest BCUT2D eigenvalue weighted by atomic mass is 10.0. The van der Waals surface area contributed by atoms with Gasteiger partial charge in [-0.05, 0) is 30.9 Å². The van der Waals surface area contributed by atoms with Crippen molar-refractivity contribution < 1.29 is 4.39 Å². The molecule has 0 unspecified atom stereocenters. The molecule has 1 nitrogen and oxygen atoms in total. The van der Waals surface area contributed by atoms with E-state index in [1.54, 1.807) is 0 Å². The number of nitrogens with two attached hydrogens (primary N) is 1. The second-order valence-electron chi connectivity index (χ2n) is 4.16. The van der Waals surface area contributed by atoms with E-state index in [4.69, 9.17) is 5.73 Å². The number of rotatable bonds is 5. The van der Waals surface area contributed by atoms with Crippen LogP contribution in [0.25, 0.3) is 0 Å². The maximum atomic E-state index is 13.6. The standard InChI is InChI=1S/C13H22FN/c1-6-7-11(9(2)3)8-12(14)13(15)10(4)5/h8,10H,2,6-7,15H2,1,3-5H3/b11-8+,13-12+. The van der Waals surface area contributed by atoms with Crippen molar-refractivity contribution in [1.82, 2.24) is 0 Å². The Balaban J connectivity index is 4.97. The van der Waals surface area contributed by atoms with Crippen molar-refractivity contribution in [1.29, 1.82) is 0 Å². The molecule has 0 spiro atoms. The van der Waals surface area contributed by atoms with Crippen LogP contribution in [0, 0.1) is 5.92 Å². The summed E-state index contributed by atoms with van der Waals surface area (Å²) in [5, 5.41) is 0. The summed E-state index contributed by atoms with van der Waals surface area (Å²) in [6, 6.07) is 0. The fourth-order valence-electron chi connectivity index (χ4n) is 1.19. The summed E-state index contributed by atoms with van der Waals surface area (Å²) in [6.07, 6.45) is 3.34. The Labute approximate surface area is 92.6 Å². The molecule has 0 amide bonds. The van der Waals surface area contributed by atoms with Crippen LogP contribution in [0.4, 0.5) is 4.39 Å². The van der Waals surface area contributed by atoms with Crippen molar-refractivity contribution >= 4 is 0 Å².